The van der Waals surface area contributed by atoms with Gasteiger partial charge in [-0.3, -0.25) is 0 Å². The van der Waals surface area contributed by atoms with Gasteiger partial charge in [0.2, 0.25) is 0 Å². The number of hydrogen-bond acceptors (Lipinski definition) is 1. The molecule has 0 heterocycles. The fraction of sp³-hybridized carbons (Fsp3) is 0.538. The van der Waals surface area contributed by atoms with E-state index in [9.17, 15) is 0 Å². The highest BCUT2D eigenvalue weighted by atomic mass is 15.1. The lowest BCUT2D eigenvalue weighted by Crippen LogP contribution is -2.33. The second-order valence-electron chi connectivity index (χ2n) is 4.57. The van der Waals surface area contributed by atoms with E-state index >= 15 is 0 Å². The summed E-state index contributed by atoms with van der Waals surface area (Å²) in [4.78, 5) is 2.36. The van der Waals surface area contributed by atoms with Crippen LogP contribution >= 0.6 is 0 Å². The Morgan fingerprint density at radius 3 is 2.79 bits per heavy atom. The van der Waals surface area contributed by atoms with Crippen molar-refractivity contribution >= 4 is 0 Å². The van der Waals surface area contributed by atoms with Crippen molar-refractivity contribution in [3.63, 3.8) is 0 Å². The molecule has 76 valence electrons. The molecule has 1 atom stereocenters. The van der Waals surface area contributed by atoms with Crippen LogP contribution in [0.1, 0.15) is 23.1 Å². The van der Waals surface area contributed by atoms with Gasteiger partial charge < -0.3 is 4.90 Å². The van der Waals surface area contributed by atoms with Gasteiger partial charge in [0.15, 0.2) is 0 Å². The molecule has 14 heavy (non-hydrogen) atoms. The van der Waals surface area contributed by atoms with Gasteiger partial charge in [-0.15, -0.1) is 0 Å². The summed E-state index contributed by atoms with van der Waals surface area (Å²) in [6.07, 6.45) is 3.79. The summed E-state index contributed by atoms with van der Waals surface area (Å²) in [6.45, 7) is 2.23. The molecule has 1 aliphatic carbocycles. The molecule has 0 fully saturated rings. The monoisotopic (exact) mass is 189 g/mol. The summed E-state index contributed by atoms with van der Waals surface area (Å²) in [5.41, 5.74) is 4.63. The first-order valence-electron chi connectivity index (χ1n) is 5.42. The summed E-state index contributed by atoms with van der Waals surface area (Å²) < 4.78 is 0. The van der Waals surface area contributed by atoms with Gasteiger partial charge in [-0.1, -0.05) is 18.2 Å². The molecule has 0 bridgehead atoms. The molecule has 0 N–H and O–H groups in total. The van der Waals surface area contributed by atoms with Crippen LogP contribution in [0, 0.1) is 6.92 Å². The average Bonchev–Trinajstić information content (AvgIpc) is 2.18. The van der Waals surface area contributed by atoms with Crippen LogP contribution in [0.3, 0.4) is 0 Å². The Kier molecular flexibility index (Phi) is 2.60. The van der Waals surface area contributed by atoms with E-state index in [-0.39, 0.29) is 0 Å². The molecule has 0 aromatic heterocycles. The number of likely N-dealkylation sites (N-methyl/N-ethyl adjacent to an activating group) is 1. The third-order valence-electron chi connectivity index (χ3n) is 3.42. The minimum absolute atomic E-state index is 0.739. The van der Waals surface area contributed by atoms with Gasteiger partial charge in [-0.05, 0) is 57.0 Å². The van der Waals surface area contributed by atoms with Crippen molar-refractivity contribution in [2.45, 2.75) is 32.2 Å². The summed E-state index contributed by atoms with van der Waals surface area (Å²) in [5, 5.41) is 0. The molecule has 1 aliphatic rings. The maximum Gasteiger partial charge on any atom is 0.0133 e. The Hall–Kier alpha value is -0.820. The lowest BCUT2D eigenvalue weighted by Gasteiger charge is -2.30. The fourth-order valence-electron chi connectivity index (χ4n) is 2.39. The zero-order valence-corrected chi connectivity index (χ0v) is 9.38. The van der Waals surface area contributed by atoms with Crippen molar-refractivity contribution in [2.75, 3.05) is 14.1 Å². The maximum absolute atomic E-state index is 2.36. The number of aryl methyl sites for hydroxylation is 2. The van der Waals surface area contributed by atoms with E-state index in [1.54, 1.807) is 11.1 Å². The zero-order chi connectivity index (χ0) is 10.1. The molecule has 0 aliphatic heterocycles. The first kappa shape index (κ1) is 9.72. The Balaban J connectivity index is 2.29. The lowest BCUT2D eigenvalue weighted by molar-refractivity contribution is 0.268. The highest BCUT2D eigenvalue weighted by Crippen LogP contribution is 2.25. The zero-order valence-electron chi connectivity index (χ0n) is 9.38. The molecule has 0 radical (unpaired) electrons. The Morgan fingerprint density at radius 2 is 2.07 bits per heavy atom. The molecule has 0 saturated carbocycles. The Labute approximate surface area is 86.7 Å². The number of nitrogens with zero attached hydrogens (tertiary/aromatic N) is 1. The van der Waals surface area contributed by atoms with Crippen LogP contribution in [-0.4, -0.2) is 25.0 Å². The average molecular weight is 189 g/mol. The van der Waals surface area contributed by atoms with Crippen LogP contribution in [0.2, 0.25) is 0 Å². The van der Waals surface area contributed by atoms with Gasteiger partial charge in [0, 0.05) is 6.04 Å². The molecule has 0 spiro atoms. The van der Waals surface area contributed by atoms with E-state index < -0.39 is 0 Å². The Morgan fingerprint density at radius 1 is 1.29 bits per heavy atom. The minimum Gasteiger partial charge on any atom is -0.306 e. The van der Waals surface area contributed by atoms with Gasteiger partial charge in [-0.25, -0.2) is 0 Å². The third-order valence-corrected chi connectivity index (χ3v) is 3.42. The SMILES string of the molecule is Cc1cccc2c1CC(N(C)C)CC2. The molecule has 1 unspecified atom stereocenters. The van der Waals surface area contributed by atoms with Crippen LogP contribution in [0.15, 0.2) is 18.2 Å². The summed E-state index contributed by atoms with van der Waals surface area (Å²) in [7, 11) is 4.38. The highest BCUT2D eigenvalue weighted by molar-refractivity contribution is 5.37. The molecule has 1 heteroatoms. The lowest BCUT2D eigenvalue weighted by atomic mass is 9.85. The van der Waals surface area contributed by atoms with E-state index in [0.717, 1.165) is 6.04 Å². The number of hydrogen-bond donors (Lipinski definition) is 0. The van der Waals surface area contributed by atoms with Crippen molar-refractivity contribution in [3.05, 3.63) is 34.9 Å². The van der Waals surface area contributed by atoms with E-state index in [0.29, 0.717) is 0 Å². The first-order valence-corrected chi connectivity index (χ1v) is 5.42. The van der Waals surface area contributed by atoms with Gasteiger partial charge >= 0.3 is 0 Å². The predicted molar refractivity (Wildman–Crippen MR) is 60.7 cm³/mol. The van der Waals surface area contributed by atoms with Crippen LogP contribution in [0.5, 0.6) is 0 Å². The van der Waals surface area contributed by atoms with Crippen molar-refractivity contribution in [1.82, 2.24) is 4.90 Å². The molecular weight excluding hydrogens is 170 g/mol. The second kappa shape index (κ2) is 3.74. The maximum atomic E-state index is 2.36. The predicted octanol–water partition coefficient (Wildman–Crippen LogP) is 2.41. The number of rotatable bonds is 1. The highest BCUT2D eigenvalue weighted by Gasteiger charge is 2.20. The van der Waals surface area contributed by atoms with Crippen molar-refractivity contribution in [2.24, 2.45) is 0 Å². The van der Waals surface area contributed by atoms with Gasteiger partial charge in [0.25, 0.3) is 0 Å². The normalized spacial score (nSPS) is 21.0. The van der Waals surface area contributed by atoms with Gasteiger partial charge in [-0.2, -0.15) is 0 Å². The topological polar surface area (TPSA) is 3.24 Å². The van der Waals surface area contributed by atoms with Crippen LogP contribution < -0.4 is 0 Å². The van der Waals surface area contributed by atoms with Crippen molar-refractivity contribution < 1.29 is 0 Å². The molecular formula is C13H19N. The third kappa shape index (κ3) is 1.69. The summed E-state index contributed by atoms with van der Waals surface area (Å²) in [5.74, 6) is 0. The van der Waals surface area contributed by atoms with Crippen LogP contribution in [0.25, 0.3) is 0 Å². The summed E-state index contributed by atoms with van der Waals surface area (Å²) >= 11 is 0. The van der Waals surface area contributed by atoms with Crippen LogP contribution in [0.4, 0.5) is 0 Å². The van der Waals surface area contributed by atoms with Crippen LogP contribution in [-0.2, 0) is 12.8 Å². The first-order chi connectivity index (χ1) is 6.68. The van der Waals surface area contributed by atoms with Gasteiger partial charge in [0.05, 0.1) is 0 Å². The van der Waals surface area contributed by atoms with Crippen molar-refractivity contribution in [3.8, 4) is 0 Å². The van der Waals surface area contributed by atoms with E-state index in [1.165, 1.54) is 24.8 Å². The molecule has 1 aromatic rings. The number of benzene rings is 1. The smallest absolute Gasteiger partial charge is 0.0133 e. The van der Waals surface area contributed by atoms with E-state index in [4.69, 9.17) is 0 Å². The molecule has 1 nitrogen and oxygen atoms in total. The standard InChI is InChI=1S/C13H19N/c1-10-5-4-6-11-7-8-12(14(2)3)9-13(10)11/h4-6,12H,7-9H2,1-3H3. The molecule has 0 saturated heterocycles. The minimum atomic E-state index is 0.739. The van der Waals surface area contributed by atoms with Crippen molar-refractivity contribution in [1.29, 1.82) is 0 Å². The molecule has 0 amide bonds. The second-order valence-corrected chi connectivity index (χ2v) is 4.57. The van der Waals surface area contributed by atoms with E-state index in [2.05, 4.69) is 44.1 Å². The summed E-state index contributed by atoms with van der Waals surface area (Å²) in [6, 6.07) is 7.44. The van der Waals surface area contributed by atoms with Gasteiger partial charge in [0.1, 0.15) is 0 Å². The fourth-order valence-corrected chi connectivity index (χ4v) is 2.39. The molecule has 2 rings (SSSR count). The number of fused-ring (bicyclic) bond motifs is 1. The molecule has 1 aromatic carbocycles. The quantitative estimate of drug-likeness (QED) is 0.656. The van der Waals surface area contributed by atoms with E-state index in [1.807, 2.05) is 0 Å². The Bertz CT molecular complexity index is 328. The largest absolute Gasteiger partial charge is 0.306 e.